The lowest BCUT2D eigenvalue weighted by molar-refractivity contribution is -0.140. The number of para-hydroxylation sites is 1. The van der Waals surface area contributed by atoms with Gasteiger partial charge in [0.25, 0.3) is 5.91 Å². The first-order chi connectivity index (χ1) is 16.4. The molecule has 0 saturated carbocycles. The molecule has 1 saturated heterocycles. The van der Waals surface area contributed by atoms with Crippen molar-refractivity contribution in [3.05, 3.63) is 47.5 Å². The Bertz CT molecular complexity index is 1080. The summed E-state index contributed by atoms with van der Waals surface area (Å²) in [6.45, 7) is 0.776. The highest BCUT2D eigenvalue weighted by atomic mass is 16.5. The minimum Gasteiger partial charge on any atom is -0.493 e. The smallest absolute Gasteiger partial charge is 0.327 e. The number of ether oxygens (including phenoxy) is 3. The highest BCUT2D eigenvalue weighted by Crippen LogP contribution is 2.39. The summed E-state index contributed by atoms with van der Waals surface area (Å²) in [6.07, 6.45) is 1.22. The summed E-state index contributed by atoms with van der Waals surface area (Å²) in [5.74, 6) is -0.566. The second-order valence-electron chi connectivity index (χ2n) is 8.38. The number of carbonyl (C=O) groups excluding carboxylic acids is 2. The van der Waals surface area contributed by atoms with Crippen molar-refractivity contribution in [1.29, 1.82) is 0 Å². The number of amides is 2. The fraction of sp³-hybridized carbons (Fsp3) is 0.400. The van der Waals surface area contributed by atoms with E-state index in [0.717, 1.165) is 5.56 Å². The normalized spacial score (nSPS) is 17.8. The van der Waals surface area contributed by atoms with E-state index in [1.807, 2.05) is 18.2 Å². The van der Waals surface area contributed by atoms with Crippen molar-refractivity contribution in [2.24, 2.45) is 5.92 Å². The van der Waals surface area contributed by atoms with E-state index in [4.69, 9.17) is 14.2 Å². The van der Waals surface area contributed by atoms with Crippen LogP contribution >= 0.6 is 0 Å². The van der Waals surface area contributed by atoms with Crippen LogP contribution in [-0.2, 0) is 16.0 Å². The number of hydrogen-bond donors (Lipinski definition) is 1. The standard InChI is InChI=1S/C25H28N2O7/c1-32-20-13-17(14-21(33-2)22(20)34-3)23(28)26-10-8-15(9-11-26)24(29)27-18-7-5-4-6-16(18)12-19(27)25(30)31/h4-7,13-15,19H,8-12H2,1-3H3,(H,30,31). The van der Waals surface area contributed by atoms with Crippen LogP contribution < -0.4 is 19.1 Å². The topological polar surface area (TPSA) is 106 Å². The number of benzene rings is 2. The number of anilines is 1. The maximum absolute atomic E-state index is 13.4. The van der Waals surface area contributed by atoms with E-state index < -0.39 is 12.0 Å². The molecular weight excluding hydrogens is 440 g/mol. The molecule has 1 atom stereocenters. The average molecular weight is 469 g/mol. The van der Waals surface area contributed by atoms with E-state index in [1.54, 1.807) is 23.1 Å². The summed E-state index contributed by atoms with van der Waals surface area (Å²) >= 11 is 0. The molecule has 4 rings (SSSR count). The van der Waals surface area contributed by atoms with Crippen LogP contribution in [0.2, 0.25) is 0 Å². The van der Waals surface area contributed by atoms with E-state index >= 15 is 0 Å². The van der Waals surface area contributed by atoms with Gasteiger partial charge in [0.15, 0.2) is 11.5 Å². The molecule has 180 valence electrons. The van der Waals surface area contributed by atoms with Crippen LogP contribution in [0.5, 0.6) is 17.2 Å². The third-order valence-corrected chi connectivity index (χ3v) is 6.54. The largest absolute Gasteiger partial charge is 0.493 e. The molecule has 1 unspecified atom stereocenters. The Morgan fingerprint density at radius 2 is 1.56 bits per heavy atom. The van der Waals surface area contributed by atoms with Gasteiger partial charge in [-0.15, -0.1) is 0 Å². The molecule has 9 heteroatoms. The van der Waals surface area contributed by atoms with Crippen molar-refractivity contribution < 1.29 is 33.7 Å². The highest BCUT2D eigenvalue weighted by molar-refractivity contribution is 6.03. The molecule has 9 nitrogen and oxygen atoms in total. The van der Waals surface area contributed by atoms with E-state index in [2.05, 4.69) is 0 Å². The summed E-state index contributed by atoms with van der Waals surface area (Å²) in [4.78, 5) is 41.5. The number of carboxylic acids is 1. The van der Waals surface area contributed by atoms with Crippen LogP contribution in [0.15, 0.2) is 36.4 Å². The van der Waals surface area contributed by atoms with Crippen LogP contribution in [0.25, 0.3) is 0 Å². The molecule has 2 aliphatic rings. The lowest BCUT2D eigenvalue weighted by Crippen LogP contribution is -2.49. The molecule has 0 radical (unpaired) electrons. The minimum absolute atomic E-state index is 0.194. The minimum atomic E-state index is -1.01. The molecule has 2 heterocycles. The molecule has 0 spiro atoms. The molecule has 2 amide bonds. The summed E-state index contributed by atoms with van der Waals surface area (Å²) < 4.78 is 16.0. The molecule has 2 aliphatic heterocycles. The Hall–Kier alpha value is -3.75. The molecular formula is C25H28N2O7. The summed E-state index contributed by atoms with van der Waals surface area (Å²) in [7, 11) is 4.48. The van der Waals surface area contributed by atoms with Crippen LogP contribution in [0.4, 0.5) is 5.69 Å². The monoisotopic (exact) mass is 468 g/mol. The van der Waals surface area contributed by atoms with Crippen molar-refractivity contribution in [1.82, 2.24) is 4.90 Å². The maximum Gasteiger partial charge on any atom is 0.327 e. The second-order valence-corrected chi connectivity index (χ2v) is 8.38. The molecule has 34 heavy (non-hydrogen) atoms. The lowest BCUT2D eigenvalue weighted by atomic mass is 9.94. The lowest BCUT2D eigenvalue weighted by Gasteiger charge is -2.34. The molecule has 0 aromatic heterocycles. The zero-order valence-corrected chi connectivity index (χ0v) is 19.4. The number of methoxy groups -OCH3 is 3. The Morgan fingerprint density at radius 1 is 0.941 bits per heavy atom. The quantitative estimate of drug-likeness (QED) is 0.695. The number of hydrogen-bond acceptors (Lipinski definition) is 6. The number of carbonyl (C=O) groups is 3. The molecule has 2 aromatic carbocycles. The van der Waals surface area contributed by atoms with Gasteiger partial charge in [0.1, 0.15) is 6.04 Å². The summed E-state index contributed by atoms with van der Waals surface area (Å²) in [5, 5.41) is 9.69. The first-order valence-corrected chi connectivity index (χ1v) is 11.1. The number of fused-ring (bicyclic) bond motifs is 1. The molecule has 2 aromatic rings. The Balaban J connectivity index is 1.48. The zero-order chi connectivity index (χ0) is 24.4. The van der Waals surface area contributed by atoms with Crippen LogP contribution in [0.3, 0.4) is 0 Å². The SMILES string of the molecule is COc1cc(C(=O)N2CCC(C(=O)N3c4ccccc4CC3C(=O)O)CC2)cc(OC)c1OC. The number of rotatable bonds is 6. The predicted octanol–water partition coefficient (Wildman–Crippen LogP) is 2.61. The van der Waals surface area contributed by atoms with Gasteiger partial charge in [0.2, 0.25) is 11.7 Å². The van der Waals surface area contributed by atoms with Crippen LogP contribution in [0.1, 0.15) is 28.8 Å². The van der Waals surface area contributed by atoms with E-state index in [1.165, 1.54) is 26.2 Å². The first kappa shape index (κ1) is 23.4. The third kappa shape index (κ3) is 4.13. The average Bonchev–Trinajstić information content (AvgIpc) is 3.27. The predicted molar refractivity (Wildman–Crippen MR) is 124 cm³/mol. The number of likely N-dealkylation sites (tertiary alicyclic amines) is 1. The zero-order valence-electron chi connectivity index (χ0n) is 19.4. The van der Waals surface area contributed by atoms with E-state index in [9.17, 15) is 19.5 Å². The first-order valence-electron chi connectivity index (χ1n) is 11.1. The maximum atomic E-state index is 13.4. The Kier molecular flexibility index (Phi) is 6.63. The Labute approximate surface area is 197 Å². The number of aliphatic carboxylic acids is 1. The Morgan fingerprint density at radius 3 is 2.12 bits per heavy atom. The van der Waals surface area contributed by atoms with Gasteiger partial charge in [0.05, 0.1) is 21.3 Å². The fourth-order valence-corrected chi connectivity index (χ4v) is 4.77. The van der Waals surface area contributed by atoms with Gasteiger partial charge in [-0.1, -0.05) is 18.2 Å². The van der Waals surface area contributed by atoms with Crippen molar-refractivity contribution in [3.63, 3.8) is 0 Å². The van der Waals surface area contributed by atoms with Gasteiger partial charge in [-0.3, -0.25) is 14.5 Å². The fourth-order valence-electron chi connectivity index (χ4n) is 4.77. The van der Waals surface area contributed by atoms with Crippen molar-refractivity contribution in [3.8, 4) is 17.2 Å². The van der Waals surface area contributed by atoms with Crippen LogP contribution in [-0.4, -0.2) is 68.3 Å². The third-order valence-electron chi connectivity index (χ3n) is 6.54. The second kappa shape index (κ2) is 9.62. The molecule has 0 aliphatic carbocycles. The molecule has 0 bridgehead atoms. The highest BCUT2D eigenvalue weighted by Gasteiger charge is 2.41. The van der Waals surface area contributed by atoms with Gasteiger partial charge in [-0.2, -0.15) is 0 Å². The van der Waals surface area contributed by atoms with Crippen LogP contribution in [0, 0.1) is 5.92 Å². The van der Waals surface area contributed by atoms with Gasteiger partial charge in [-0.25, -0.2) is 4.79 Å². The van der Waals surface area contributed by atoms with Crippen molar-refractivity contribution >= 4 is 23.5 Å². The molecule has 1 fully saturated rings. The van der Waals surface area contributed by atoms with Gasteiger partial charge < -0.3 is 24.2 Å². The number of carboxylic acid groups (broad SMARTS) is 1. The molecule has 1 N–H and O–H groups in total. The number of piperidine rings is 1. The summed E-state index contributed by atoms with van der Waals surface area (Å²) in [5.41, 5.74) is 1.92. The van der Waals surface area contributed by atoms with E-state index in [-0.39, 0.29) is 17.7 Å². The van der Waals surface area contributed by atoms with Gasteiger partial charge >= 0.3 is 5.97 Å². The van der Waals surface area contributed by atoms with E-state index in [0.29, 0.717) is 60.9 Å². The van der Waals surface area contributed by atoms with Gasteiger partial charge in [-0.05, 0) is 36.6 Å². The number of nitrogens with zero attached hydrogens (tertiary/aromatic N) is 2. The van der Waals surface area contributed by atoms with Gasteiger partial charge in [0, 0.05) is 36.7 Å². The van der Waals surface area contributed by atoms with Crippen molar-refractivity contribution in [2.75, 3.05) is 39.3 Å². The van der Waals surface area contributed by atoms with Crippen molar-refractivity contribution in [2.45, 2.75) is 25.3 Å². The summed E-state index contributed by atoms with van der Waals surface area (Å²) in [6, 6.07) is 9.63.